The van der Waals surface area contributed by atoms with Crippen molar-refractivity contribution in [3.8, 4) is 11.5 Å². The Kier molecular flexibility index (Phi) is 6.11. The summed E-state index contributed by atoms with van der Waals surface area (Å²) in [6, 6.07) is 13.2. The number of nitrogens with two attached hydrogens (primary N) is 1. The Hall–Kier alpha value is -2.40. The maximum atomic E-state index is 6.05. The van der Waals surface area contributed by atoms with Crippen LogP contribution in [0.3, 0.4) is 0 Å². The van der Waals surface area contributed by atoms with Gasteiger partial charge in [0.15, 0.2) is 5.96 Å². The van der Waals surface area contributed by atoms with E-state index in [0.717, 1.165) is 17.0 Å². The van der Waals surface area contributed by atoms with Crippen molar-refractivity contribution in [1.82, 2.24) is 0 Å². The van der Waals surface area contributed by atoms with Crippen LogP contribution in [0.4, 0.5) is 5.69 Å². The SMILES string of the molecule is COc1ccc(NC(N)=NCCOc2cccc(C)c2)cc1Cl. The number of nitrogens with zero attached hydrogens (tertiary/aromatic N) is 1. The fourth-order valence-electron chi connectivity index (χ4n) is 1.97. The topological polar surface area (TPSA) is 68.9 Å². The van der Waals surface area contributed by atoms with Gasteiger partial charge in [0.2, 0.25) is 0 Å². The highest BCUT2D eigenvalue weighted by Crippen LogP contribution is 2.26. The van der Waals surface area contributed by atoms with Crippen LogP contribution in [0.25, 0.3) is 0 Å². The Morgan fingerprint density at radius 3 is 2.78 bits per heavy atom. The maximum absolute atomic E-state index is 6.05. The number of guanidine groups is 1. The lowest BCUT2D eigenvalue weighted by molar-refractivity contribution is 0.328. The molecule has 0 atom stereocenters. The van der Waals surface area contributed by atoms with E-state index in [1.807, 2.05) is 37.3 Å². The quantitative estimate of drug-likeness (QED) is 0.482. The normalized spacial score (nSPS) is 11.2. The summed E-state index contributed by atoms with van der Waals surface area (Å²) in [6.45, 7) is 2.93. The van der Waals surface area contributed by atoms with Crippen LogP contribution >= 0.6 is 11.6 Å². The van der Waals surface area contributed by atoms with Gasteiger partial charge >= 0.3 is 0 Å². The predicted molar refractivity (Wildman–Crippen MR) is 94.8 cm³/mol. The average molecular weight is 334 g/mol. The molecule has 0 saturated carbocycles. The molecule has 0 bridgehead atoms. The molecule has 0 aromatic heterocycles. The van der Waals surface area contributed by atoms with Gasteiger partial charge in [-0.25, -0.2) is 4.99 Å². The highest BCUT2D eigenvalue weighted by atomic mass is 35.5. The summed E-state index contributed by atoms with van der Waals surface area (Å²) in [5, 5.41) is 3.48. The second kappa shape index (κ2) is 8.29. The van der Waals surface area contributed by atoms with E-state index in [2.05, 4.69) is 10.3 Å². The molecule has 0 spiro atoms. The van der Waals surface area contributed by atoms with Gasteiger partial charge in [0, 0.05) is 5.69 Å². The van der Waals surface area contributed by atoms with Gasteiger partial charge in [-0.2, -0.15) is 0 Å². The van der Waals surface area contributed by atoms with E-state index in [-0.39, 0.29) is 0 Å². The fourth-order valence-corrected chi connectivity index (χ4v) is 2.22. The first-order chi connectivity index (χ1) is 11.1. The van der Waals surface area contributed by atoms with Crippen molar-refractivity contribution in [2.45, 2.75) is 6.92 Å². The Morgan fingerprint density at radius 1 is 1.26 bits per heavy atom. The number of hydrogen-bond donors (Lipinski definition) is 2. The molecule has 0 fully saturated rings. The molecule has 0 aliphatic carbocycles. The van der Waals surface area contributed by atoms with Gasteiger partial charge in [-0.05, 0) is 42.8 Å². The van der Waals surface area contributed by atoms with Gasteiger partial charge < -0.3 is 20.5 Å². The molecule has 3 N–H and O–H groups in total. The van der Waals surface area contributed by atoms with Gasteiger partial charge in [0.1, 0.15) is 18.1 Å². The summed E-state index contributed by atoms with van der Waals surface area (Å²) in [7, 11) is 1.57. The van der Waals surface area contributed by atoms with E-state index in [1.54, 1.807) is 19.2 Å². The number of rotatable bonds is 6. The van der Waals surface area contributed by atoms with Crippen molar-refractivity contribution in [1.29, 1.82) is 0 Å². The molecule has 0 unspecified atom stereocenters. The molecule has 0 radical (unpaired) electrons. The van der Waals surface area contributed by atoms with E-state index in [9.17, 15) is 0 Å². The van der Waals surface area contributed by atoms with E-state index in [4.69, 9.17) is 26.8 Å². The Labute approximate surface area is 141 Å². The highest BCUT2D eigenvalue weighted by molar-refractivity contribution is 6.32. The first-order valence-electron chi connectivity index (χ1n) is 7.18. The summed E-state index contributed by atoms with van der Waals surface area (Å²) >= 11 is 6.05. The molecule has 0 heterocycles. The van der Waals surface area contributed by atoms with Crippen molar-refractivity contribution in [3.05, 3.63) is 53.1 Å². The molecule has 2 rings (SSSR count). The first kappa shape index (κ1) is 17.0. The van der Waals surface area contributed by atoms with Crippen molar-refractivity contribution in [3.63, 3.8) is 0 Å². The van der Waals surface area contributed by atoms with E-state index in [1.165, 1.54) is 0 Å². The number of hydrogen-bond acceptors (Lipinski definition) is 3. The van der Waals surface area contributed by atoms with Crippen LogP contribution < -0.4 is 20.5 Å². The minimum absolute atomic E-state index is 0.305. The summed E-state index contributed by atoms with van der Waals surface area (Å²) in [5.74, 6) is 1.74. The van der Waals surface area contributed by atoms with Gasteiger partial charge in [0.05, 0.1) is 18.7 Å². The van der Waals surface area contributed by atoms with Crippen LogP contribution in [0, 0.1) is 6.92 Å². The fraction of sp³-hybridized carbons (Fsp3) is 0.235. The highest BCUT2D eigenvalue weighted by Gasteiger charge is 2.02. The van der Waals surface area contributed by atoms with Gasteiger partial charge in [-0.1, -0.05) is 23.7 Å². The molecule has 0 aliphatic rings. The number of benzene rings is 2. The summed E-state index contributed by atoms with van der Waals surface area (Å²) in [5.41, 5.74) is 7.74. The molecule has 0 amide bonds. The van der Waals surface area contributed by atoms with Crippen molar-refractivity contribution >= 4 is 23.2 Å². The van der Waals surface area contributed by atoms with Crippen LogP contribution in [0.15, 0.2) is 47.5 Å². The second-order valence-corrected chi connectivity index (χ2v) is 5.31. The van der Waals surface area contributed by atoms with Crippen molar-refractivity contribution in [2.24, 2.45) is 10.7 Å². The third-order valence-corrected chi connectivity index (χ3v) is 3.35. The number of aliphatic imine (C=N–C) groups is 1. The van der Waals surface area contributed by atoms with E-state index in [0.29, 0.717) is 29.9 Å². The van der Waals surface area contributed by atoms with Crippen LogP contribution in [-0.2, 0) is 0 Å². The number of nitrogens with one attached hydrogen (secondary N) is 1. The lowest BCUT2D eigenvalue weighted by Crippen LogP contribution is -2.23. The standard InChI is InChI=1S/C17H20ClN3O2/c1-12-4-3-5-14(10-12)23-9-8-20-17(19)21-13-6-7-16(22-2)15(18)11-13/h3-7,10-11H,8-9H2,1-2H3,(H3,19,20,21). The number of ether oxygens (including phenoxy) is 2. The molecule has 0 saturated heterocycles. The van der Waals surface area contributed by atoms with E-state index >= 15 is 0 Å². The molecule has 0 aliphatic heterocycles. The summed E-state index contributed by atoms with van der Waals surface area (Å²) in [4.78, 5) is 4.21. The zero-order chi connectivity index (χ0) is 16.7. The maximum Gasteiger partial charge on any atom is 0.193 e. The Balaban J connectivity index is 1.82. The average Bonchev–Trinajstić information content (AvgIpc) is 2.52. The largest absolute Gasteiger partial charge is 0.495 e. The number of anilines is 1. The number of aryl methyl sites for hydroxylation is 1. The second-order valence-electron chi connectivity index (χ2n) is 4.91. The van der Waals surface area contributed by atoms with E-state index < -0.39 is 0 Å². The van der Waals surface area contributed by atoms with Gasteiger partial charge in [-0.15, -0.1) is 0 Å². The molecule has 5 nitrogen and oxygen atoms in total. The third-order valence-electron chi connectivity index (χ3n) is 3.06. The van der Waals surface area contributed by atoms with Crippen LogP contribution in [-0.4, -0.2) is 26.2 Å². The molecular weight excluding hydrogens is 314 g/mol. The number of methoxy groups -OCH3 is 1. The van der Waals surface area contributed by atoms with Crippen LogP contribution in [0.1, 0.15) is 5.56 Å². The Morgan fingerprint density at radius 2 is 2.09 bits per heavy atom. The molecule has 2 aromatic rings. The minimum atomic E-state index is 0.305. The van der Waals surface area contributed by atoms with Crippen LogP contribution in [0.2, 0.25) is 5.02 Å². The Bertz CT molecular complexity index is 689. The summed E-state index contributed by atoms with van der Waals surface area (Å²) < 4.78 is 10.7. The first-order valence-corrected chi connectivity index (χ1v) is 7.56. The molecule has 6 heteroatoms. The molecular formula is C17H20ClN3O2. The smallest absolute Gasteiger partial charge is 0.193 e. The zero-order valence-corrected chi connectivity index (χ0v) is 13.9. The van der Waals surface area contributed by atoms with Crippen molar-refractivity contribution in [2.75, 3.05) is 25.6 Å². The van der Waals surface area contributed by atoms with Crippen molar-refractivity contribution < 1.29 is 9.47 Å². The van der Waals surface area contributed by atoms with Gasteiger partial charge in [0.25, 0.3) is 0 Å². The number of halogens is 1. The predicted octanol–water partition coefficient (Wildman–Crippen LogP) is 3.46. The summed E-state index contributed by atoms with van der Waals surface area (Å²) in [6.07, 6.45) is 0. The molecule has 122 valence electrons. The monoisotopic (exact) mass is 333 g/mol. The third kappa shape index (κ3) is 5.38. The lowest BCUT2D eigenvalue weighted by atomic mass is 10.2. The zero-order valence-electron chi connectivity index (χ0n) is 13.2. The lowest BCUT2D eigenvalue weighted by Gasteiger charge is -2.09. The minimum Gasteiger partial charge on any atom is -0.495 e. The molecule has 23 heavy (non-hydrogen) atoms. The van der Waals surface area contributed by atoms with Crippen LogP contribution in [0.5, 0.6) is 11.5 Å². The van der Waals surface area contributed by atoms with Gasteiger partial charge in [-0.3, -0.25) is 0 Å². The molecule has 2 aromatic carbocycles.